The molecule has 37 heavy (non-hydrogen) atoms. The van der Waals surface area contributed by atoms with E-state index in [9.17, 15) is 24.3 Å². The number of carbonyl (C=O) groups is 3. The van der Waals surface area contributed by atoms with Crippen LogP contribution in [0.15, 0.2) is 66.4 Å². The summed E-state index contributed by atoms with van der Waals surface area (Å²) in [5.74, 6) is -1.29. The summed E-state index contributed by atoms with van der Waals surface area (Å²) in [7, 11) is 0. The number of anilines is 1. The van der Waals surface area contributed by atoms with E-state index < -0.39 is 23.5 Å². The smallest absolute Gasteiger partial charge is 0.272 e. The van der Waals surface area contributed by atoms with E-state index in [4.69, 9.17) is 0 Å². The molecule has 0 bridgehead atoms. The number of likely N-dealkylation sites (tertiary alicyclic amines) is 1. The fraction of sp³-hybridized carbons (Fsp3) is 0.222. The third kappa shape index (κ3) is 4.21. The van der Waals surface area contributed by atoms with E-state index in [2.05, 4.69) is 23.5 Å². The molecule has 1 aromatic heterocycles. The molecule has 2 N–H and O–H groups in total. The van der Waals surface area contributed by atoms with Gasteiger partial charge < -0.3 is 20.2 Å². The van der Waals surface area contributed by atoms with Crippen molar-refractivity contribution in [1.82, 2.24) is 19.8 Å². The number of aromatic nitrogens is 2. The minimum absolute atomic E-state index is 0.00423. The average Bonchev–Trinajstić information content (AvgIpc) is 3.29. The van der Waals surface area contributed by atoms with Crippen LogP contribution >= 0.6 is 0 Å². The number of fused-ring (bicyclic) bond motifs is 2. The van der Waals surface area contributed by atoms with E-state index in [0.29, 0.717) is 17.4 Å². The number of rotatable bonds is 5. The fourth-order valence-electron chi connectivity index (χ4n) is 4.66. The molecular weight excluding hydrogens is 474 g/mol. The first-order valence-corrected chi connectivity index (χ1v) is 11.7. The van der Waals surface area contributed by atoms with Crippen molar-refractivity contribution in [3.63, 3.8) is 0 Å². The molecule has 3 heterocycles. The zero-order chi connectivity index (χ0) is 26.4. The Balaban J connectivity index is 1.41. The molecule has 0 radical (unpaired) electrons. The molecule has 5 rings (SSSR count). The van der Waals surface area contributed by atoms with Crippen molar-refractivity contribution in [2.45, 2.75) is 19.4 Å². The van der Waals surface area contributed by atoms with Gasteiger partial charge in [-0.25, -0.2) is 4.98 Å². The third-order valence-corrected chi connectivity index (χ3v) is 6.68. The Labute approximate surface area is 212 Å². The quantitative estimate of drug-likeness (QED) is 0.510. The summed E-state index contributed by atoms with van der Waals surface area (Å²) in [6.45, 7) is 9.81. The first-order chi connectivity index (χ1) is 17.7. The number of hydrogen-bond acceptors (Lipinski definition) is 6. The molecule has 1 fully saturated rings. The van der Waals surface area contributed by atoms with Crippen molar-refractivity contribution >= 4 is 40.0 Å². The molecule has 2 aliphatic heterocycles. The molecule has 188 valence electrons. The van der Waals surface area contributed by atoms with Crippen molar-refractivity contribution in [2.75, 3.05) is 24.5 Å². The van der Waals surface area contributed by atoms with Crippen LogP contribution in [0.1, 0.15) is 12.5 Å². The molecule has 0 aliphatic carbocycles. The number of hydrogen-bond donors (Lipinski definition) is 2. The molecule has 0 unspecified atom stereocenters. The van der Waals surface area contributed by atoms with Crippen LogP contribution in [0.5, 0.6) is 0 Å². The lowest BCUT2D eigenvalue weighted by molar-refractivity contribution is -0.138. The number of carbonyl (C=O) groups excluding carboxylic acids is 3. The summed E-state index contributed by atoms with van der Waals surface area (Å²) in [5, 5.41) is 12.0. The predicted molar refractivity (Wildman–Crippen MR) is 138 cm³/mol. The van der Waals surface area contributed by atoms with Crippen molar-refractivity contribution in [3.05, 3.63) is 77.5 Å². The summed E-state index contributed by atoms with van der Waals surface area (Å²) in [6, 6.07) is 11.0. The Morgan fingerprint density at radius 2 is 1.89 bits per heavy atom. The molecule has 3 amide bonds. The maximum atomic E-state index is 13.3. The monoisotopic (exact) mass is 499 g/mol. The second-order valence-corrected chi connectivity index (χ2v) is 9.13. The third-order valence-electron chi connectivity index (χ3n) is 6.68. The largest absolute Gasteiger partial charge is 0.389 e. The topological polar surface area (TPSA) is 125 Å². The van der Waals surface area contributed by atoms with Crippen LogP contribution in [0.25, 0.3) is 27.7 Å². The Bertz CT molecular complexity index is 1570. The Hall–Kier alpha value is -4.57. The van der Waals surface area contributed by atoms with Crippen molar-refractivity contribution in [1.29, 1.82) is 0 Å². The van der Waals surface area contributed by atoms with Crippen LogP contribution in [0.2, 0.25) is 0 Å². The van der Waals surface area contributed by atoms with Gasteiger partial charge in [0.05, 0.1) is 22.7 Å². The first-order valence-electron chi connectivity index (χ1n) is 11.7. The van der Waals surface area contributed by atoms with Gasteiger partial charge in [0.2, 0.25) is 5.91 Å². The predicted octanol–water partition coefficient (Wildman–Crippen LogP) is 1.28. The van der Waals surface area contributed by atoms with Gasteiger partial charge in [0, 0.05) is 37.8 Å². The number of para-hydroxylation sites is 1. The lowest BCUT2D eigenvalue weighted by Gasteiger charge is -2.36. The van der Waals surface area contributed by atoms with Gasteiger partial charge in [-0.3, -0.25) is 23.7 Å². The van der Waals surface area contributed by atoms with E-state index in [1.54, 1.807) is 24.0 Å². The molecule has 1 saturated heterocycles. The van der Waals surface area contributed by atoms with E-state index in [-0.39, 0.29) is 30.4 Å². The second kappa shape index (κ2) is 9.14. The van der Waals surface area contributed by atoms with Crippen LogP contribution < -0.4 is 15.8 Å². The Kier molecular flexibility index (Phi) is 5.96. The molecule has 0 saturated carbocycles. The second-order valence-electron chi connectivity index (χ2n) is 9.13. The number of nitrogens with one attached hydrogen (secondary N) is 1. The van der Waals surface area contributed by atoms with Crippen LogP contribution in [0.3, 0.4) is 0 Å². The molecule has 2 aliphatic rings. The van der Waals surface area contributed by atoms with E-state index >= 15 is 0 Å². The fourth-order valence-corrected chi connectivity index (χ4v) is 4.66. The Morgan fingerprint density at radius 1 is 1.14 bits per heavy atom. The number of aliphatic hydroxyl groups is 1. The van der Waals surface area contributed by atoms with Gasteiger partial charge >= 0.3 is 0 Å². The van der Waals surface area contributed by atoms with Crippen molar-refractivity contribution in [3.8, 4) is 11.1 Å². The van der Waals surface area contributed by atoms with Gasteiger partial charge in [0.25, 0.3) is 17.4 Å². The lowest BCUT2D eigenvalue weighted by Crippen LogP contribution is -2.55. The normalized spacial score (nSPS) is 14.8. The number of β-amino-alcohol motifs (C(OH)–C–C–N with tert-alkyl or cyclic N) is 1. The van der Waals surface area contributed by atoms with Crippen LogP contribution in [-0.2, 0) is 20.8 Å². The molecule has 3 aromatic rings. The zero-order valence-corrected chi connectivity index (χ0v) is 20.2. The first kappa shape index (κ1) is 24.1. The lowest BCUT2D eigenvalue weighted by atomic mass is 9.99. The highest BCUT2D eigenvalue weighted by atomic mass is 16.3. The highest BCUT2D eigenvalue weighted by Gasteiger charge is 2.31. The summed E-state index contributed by atoms with van der Waals surface area (Å²) >= 11 is 0. The van der Waals surface area contributed by atoms with Gasteiger partial charge in [0.15, 0.2) is 0 Å². The molecule has 0 spiro atoms. The SMILES string of the molecule is C=C(NC(=O)C(=C)n1cnc2c(-c3ccc4c(c3)CCN4C(C)=O)cccc2c1=O)C(=O)N1CC(O)C1. The molecule has 2 aromatic carbocycles. The van der Waals surface area contributed by atoms with Crippen molar-refractivity contribution < 1.29 is 19.5 Å². The van der Waals surface area contributed by atoms with E-state index in [1.165, 1.54) is 11.2 Å². The van der Waals surface area contributed by atoms with Crippen molar-refractivity contribution in [2.24, 2.45) is 0 Å². The maximum absolute atomic E-state index is 13.3. The van der Waals surface area contributed by atoms with E-state index in [1.807, 2.05) is 24.3 Å². The van der Waals surface area contributed by atoms with E-state index in [0.717, 1.165) is 33.4 Å². The van der Waals surface area contributed by atoms with Crippen LogP contribution in [-0.4, -0.2) is 63.0 Å². The zero-order valence-electron chi connectivity index (χ0n) is 20.2. The van der Waals surface area contributed by atoms with Gasteiger partial charge in [-0.2, -0.15) is 0 Å². The molecular formula is C27H25N5O5. The van der Waals surface area contributed by atoms with Gasteiger partial charge in [-0.15, -0.1) is 0 Å². The van der Waals surface area contributed by atoms with Gasteiger partial charge in [-0.1, -0.05) is 31.4 Å². The highest BCUT2D eigenvalue weighted by molar-refractivity contribution is 6.15. The van der Waals surface area contributed by atoms with Crippen LogP contribution in [0.4, 0.5) is 5.69 Å². The molecule has 10 nitrogen and oxygen atoms in total. The summed E-state index contributed by atoms with van der Waals surface area (Å²) in [4.78, 5) is 57.7. The van der Waals surface area contributed by atoms with Gasteiger partial charge in [0.1, 0.15) is 12.0 Å². The molecule has 0 atom stereocenters. The van der Waals surface area contributed by atoms with Gasteiger partial charge in [-0.05, 0) is 35.7 Å². The Morgan fingerprint density at radius 3 is 2.59 bits per heavy atom. The average molecular weight is 500 g/mol. The summed E-state index contributed by atoms with van der Waals surface area (Å²) in [6.07, 6.45) is 1.40. The number of benzene rings is 2. The molecule has 10 heteroatoms. The maximum Gasteiger partial charge on any atom is 0.272 e. The highest BCUT2D eigenvalue weighted by Crippen LogP contribution is 2.34. The van der Waals surface area contributed by atoms with Crippen LogP contribution in [0, 0.1) is 0 Å². The minimum Gasteiger partial charge on any atom is -0.389 e. The minimum atomic E-state index is -0.771. The summed E-state index contributed by atoms with van der Waals surface area (Å²) in [5.41, 5.74) is 3.13. The number of aliphatic hydroxyl groups excluding tert-OH is 1. The number of amides is 3. The standard InChI is InChI=1S/C27H25N5O5/c1-15(26(36)30-12-20(34)13-30)29-25(35)16(2)32-14-28-24-21(5-4-6-22(24)27(32)37)18-7-8-23-19(11-18)9-10-31(23)17(3)33/h4-8,11,14,20,34H,1-2,9-10,12-13H2,3H3,(H,29,35). The number of nitrogens with zero attached hydrogens (tertiary/aromatic N) is 4. The summed E-state index contributed by atoms with van der Waals surface area (Å²) < 4.78 is 1.03.